The van der Waals surface area contributed by atoms with Gasteiger partial charge < -0.3 is 14.9 Å². The molecule has 22 heavy (non-hydrogen) atoms. The fraction of sp³-hybridized carbons (Fsp3) is 0. The summed E-state index contributed by atoms with van der Waals surface area (Å²) in [7, 11) is 0. The third-order valence-corrected chi connectivity index (χ3v) is 3.06. The Balaban J connectivity index is 1.90. The molecule has 2 heterocycles. The minimum absolute atomic E-state index is 0.230. The van der Waals surface area contributed by atoms with Crippen LogP contribution in [-0.2, 0) is 0 Å². The second kappa shape index (κ2) is 5.74. The molecule has 3 N–H and O–H groups in total. The Morgan fingerprint density at radius 2 is 2.23 bits per heavy atom. The Labute approximate surface area is 125 Å². The molecule has 1 aliphatic rings. The Bertz CT molecular complexity index is 767. The fourth-order valence-electron chi connectivity index (χ4n) is 2.02. The van der Waals surface area contributed by atoms with E-state index < -0.39 is 11.6 Å². The molecule has 0 unspecified atom stereocenters. The molecule has 3 rings (SSSR count). The van der Waals surface area contributed by atoms with Gasteiger partial charge in [-0.2, -0.15) is 0 Å². The molecule has 1 aromatic heterocycles. The molecule has 2 aromatic rings. The third kappa shape index (κ3) is 2.70. The lowest BCUT2D eigenvalue weighted by Gasteiger charge is -2.13. The maximum Gasteiger partial charge on any atom is 0.211 e. The number of nitrogens with zero attached hydrogens (tertiary/aromatic N) is 1. The van der Waals surface area contributed by atoms with Crippen LogP contribution in [0.1, 0.15) is 10.4 Å². The summed E-state index contributed by atoms with van der Waals surface area (Å²) in [5.41, 5.74) is 6.42. The van der Waals surface area contributed by atoms with Crippen molar-refractivity contribution < 1.29 is 18.7 Å². The molecule has 0 fully saturated rings. The molecular weight excluding hydrogens is 289 g/mol. The minimum Gasteiger partial charge on any atom is -0.493 e. The highest BCUT2D eigenvalue weighted by molar-refractivity contribution is 6.09. The zero-order chi connectivity index (χ0) is 15.5. The number of carbonyl (C=O) groups excluding carboxylic acids is 1. The Morgan fingerprint density at radius 1 is 1.36 bits per heavy atom. The van der Waals surface area contributed by atoms with Crippen molar-refractivity contribution in [2.45, 2.75) is 0 Å². The van der Waals surface area contributed by atoms with E-state index in [-0.39, 0.29) is 11.4 Å². The number of ketones is 1. The van der Waals surface area contributed by atoms with Crippen LogP contribution in [0.4, 0.5) is 4.39 Å². The molecule has 6 nitrogen and oxygen atoms in total. The van der Waals surface area contributed by atoms with Crippen LogP contribution in [-0.4, -0.2) is 15.9 Å². The van der Waals surface area contributed by atoms with E-state index in [2.05, 4.69) is 11.0 Å². The SMILES string of the molecule is O=C(C=C(O)N1C=CNN1)c1cocc1-c1cccc(F)c1. The number of allylic oxidation sites excluding steroid dienone is 1. The molecule has 1 aliphatic heterocycles. The predicted molar refractivity (Wildman–Crippen MR) is 76.4 cm³/mol. The summed E-state index contributed by atoms with van der Waals surface area (Å²) in [5, 5.41) is 11.1. The lowest BCUT2D eigenvalue weighted by atomic mass is 10.0. The maximum atomic E-state index is 13.3. The number of hydrogen-bond acceptors (Lipinski definition) is 6. The van der Waals surface area contributed by atoms with Gasteiger partial charge in [0.1, 0.15) is 12.1 Å². The standard InChI is InChI=1S/C15H12FN3O3/c16-11-3-1-2-10(6-11)12-8-22-9-13(12)14(20)7-15(21)19-5-4-17-18-19/h1-9,17-18,21H. The normalized spacial score (nSPS) is 14.2. The Morgan fingerprint density at radius 3 is 2.95 bits per heavy atom. The van der Waals surface area contributed by atoms with Gasteiger partial charge in [0.15, 0.2) is 5.78 Å². The topological polar surface area (TPSA) is 77.7 Å². The second-order valence-corrected chi connectivity index (χ2v) is 4.52. The summed E-state index contributed by atoms with van der Waals surface area (Å²) in [6.07, 6.45) is 6.71. The van der Waals surface area contributed by atoms with E-state index in [1.807, 2.05) is 0 Å². The minimum atomic E-state index is -0.465. The number of rotatable bonds is 4. The van der Waals surface area contributed by atoms with Gasteiger partial charge in [-0.3, -0.25) is 4.79 Å². The van der Waals surface area contributed by atoms with Crippen LogP contribution < -0.4 is 11.0 Å². The van der Waals surface area contributed by atoms with Crippen LogP contribution in [0, 0.1) is 5.82 Å². The van der Waals surface area contributed by atoms with Gasteiger partial charge in [0.05, 0.1) is 11.8 Å². The Kier molecular flexibility index (Phi) is 3.63. The van der Waals surface area contributed by atoms with E-state index in [9.17, 15) is 14.3 Å². The molecule has 0 saturated carbocycles. The van der Waals surface area contributed by atoms with Crippen LogP contribution in [0.2, 0.25) is 0 Å². The monoisotopic (exact) mass is 301 g/mol. The van der Waals surface area contributed by atoms with Gasteiger partial charge in [-0.25, -0.2) is 9.40 Å². The number of hydrazine groups is 2. The summed E-state index contributed by atoms with van der Waals surface area (Å²) in [6, 6.07) is 5.84. The van der Waals surface area contributed by atoms with Crippen molar-refractivity contribution >= 4 is 5.78 Å². The van der Waals surface area contributed by atoms with E-state index in [1.54, 1.807) is 18.3 Å². The number of hydrogen-bond donors (Lipinski definition) is 3. The van der Waals surface area contributed by atoms with Gasteiger partial charge in [0, 0.05) is 24.0 Å². The molecule has 0 spiro atoms. The molecule has 0 atom stereocenters. The summed E-state index contributed by atoms with van der Waals surface area (Å²) >= 11 is 0. The molecule has 0 amide bonds. The van der Waals surface area contributed by atoms with Gasteiger partial charge in [-0.05, 0) is 17.7 Å². The number of halogens is 1. The van der Waals surface area contributed by atoms with Crippen molar-refractivity contribution in [2.75, 3.05) is 0 Å². The number of aliphatic hydroxyl groups excluding tert-OH is 1. The van der Waals surface area contributed by atoms with E-state index in [1.165, 1.54) is 35.9 Å². The van der Waals surface area contributed by atoms with Crippen molar-refractivity contribution in [1.29, 1.82) is 0 Å². The van der Waals surface area contributed by atoms with E-state index in [0.29, 0.717) is 11.1 Å². The third-order valence-electron chi connectivity index (χ3n) is 3.06. The molecule has 112 valence electrons. The fourth-order valence-corrected chi connectivity index (χ4v) is 2.02. The summed E-state index contributed by atoms with van der Waals surface area (Å²) in [5.74, 6) is -1.17. The van der Waals surface area contributed by atoms with Gasteiger partial charge >= 0.3 is 0 Å². The number of nitrogens with one attached hydrogen (secondary N) is 2. The lowest BCUT2D eigenvalue weighted by molar-refractivity contribution is 0.103. The van der Waals surface area contributed by atoms with Crippen LogP contribution in [0.25, 0.3) is 11.1 Å². The summed E-state index contributed by atoms with van der Waals surface area (Å²) in [6.45, 7) is 0. The highest BCUT2D eigenvalue weighted by Crippen LogP contribution is 2.26. The zero-order valence-corrected chi connectivity index (χ0v) is 11.3. The predicted octanol–water partition coefficient (Wildman–Crippen LogP) is 2.46. The first-order valence-corrected chi connectivity index (χ1v) is 6.39. The Hall–Kier alpha value is -3.06. The first-order chi connectivity index (χ1) is 10.6. The van der Waals surface area contributed by atoms with Crippen LogP contribution in [0.15, 0.2) is 65.6 Å². The van der Waals surface area contributed by atoms with Gasteiger partial charge in [0.25, 0.3) is 0 Å². The van der Waals surface area contributed by atoms with E-state index in [4.69, 9.17) is 4.42 Å². The van der Waals surface area contributed by atoms with Crippen LogP contribution >= 0.6 is 0 Å². The van der Waals surface area contributed by atoms with Crippen molar-refractivity contribution in [3.63, 3.8) is 0 Å². The summed E-state index contributed by atoms with van der Waals surface area (Å²) in [4.78, 5) is 12.3. The molecule has 0 radical (unpaired) electrons. The van der Waals surface area contributed by atoms with Gasteiger partial charge in [-0.1, -0.05) is 12.1 Å². The van der Waals surface area contributed by atoms with E-state index >= 15 is 0 Å². The average molecular weight is 301 g/mol. The molecule has 0 bridgehead atoms. The molecular formula is C15H12FN3O3. The lowest BCUT2D eigenvalue weighted by Crippen LogP contribution is -2.35. The number of furan rings is 1. The number of benzene rings is 1. The smallest absolute Gasteiger partial charge is 0.211 e. The summed E-state index contributed by atoms with van der Waals surface area (Å²) < 4.78 is 18.4. The first kappa shape index (κ1) is 13.9. The maximum absolute atomic E-state index is 13.3. The van der Waals surface area contributed by atoms with Crippen LogP contribution in [0.5, 0.6) is 0 Å². The van der Waals surface area contributed by atoms with E-state index in [0.717, 1.165) is 6.08 Å². The number of carbonyl (C=O) groups is 1. The molecule has 0 saturated heterocycles. The second-order valence-electron chi connectivity index (χ2n) is 4.52. The van der Waals surface area contributed by atoms with Crippen molar-refractivity contribution in [1.82, 2.24) is 16.0 Å². The van der Waals surface area contributed by atoms with Crippen molar-refractivity contribution in [2.24, 2.45) is 0 Å². The van der Waals surface area contributed by atoms with Crippen molar-refractivity contribution in [3.05, 3.63) is 72.5 Å². The van der Waals surface area contributed by atoms with Crippen molar-refractivity contribution in [3.8, 4) is 11.1 Å². The molecule has 1 aromatic carbocycles. The van der Waals surface area contributed by atoms with Gasteiger partial charge in [-0.15, -0.1) is 5.53 Å². The zero-order valence-electron chi connectivity index (χ0n) is 11.3. The van der Waals surface area contributed by atoms with Gasteiger partial charge in [0.2, 0.25) is 5.88 Å². The van der Waals surface area contributed by atoms with Crippen LogP contribution in [0.3, 0.4) is 0 Å². The molecule has 7 heteroatoms. The highest BCUT2D eigenvalue weighted by Gasteiger charge is 2.17. The number of aliphatic hydroxyl groups is 1. The average Bonchev–Trinajstić information content (AvgIpc) is 3.18. The largest absolute Gasteiger partial charge is 0.493 e. The highest BCUT2D eigenvalue weighted by atomic mass is 19.1. The first-order valence-electron chi connectivity index (χ1n) is 6.39. The molecule has 0 aliphatic carbocycles. The quantitative estimate of drug-likeness (QED) is 0.457.